The number of hydrogen-bond acceptors (Lipinski definition) is 3. The number of benzene rings is 2. The van der Waals surface area contributed by atoms with Crippen molar-refractivity contribution < 1.29 is 13.2 Å². The summed E-state index contributed by atoms with van der Waals surface area (Å²) in [7, 11) is 0. The van der Waals surface area contributed by atoms with Gasteiger partial charge in [0.15, 0.2) is 5.69 Å². The van der Waals surface area contributed by atoms with Gasteiger partial charge in [-0.1, -0.05) is 26.7 Å². The van der Waals surface area contributed by atoms with Gasteiger partial charge < -0.3 is 10.2 Å². The Morgan fingerprint density at radius 2 is 1.57 bits per heavy atom. The number of rotatable bonds is 1. The van der Waals surface area contributed by atoms with Crippen LogP contribution in [0.25, 0.3) is 4.85 Å². The predicted molar refractivity (Wildman–Crippen MR) is 141 cm³/mol. The molecule has 4 fully saturated rings. The van der Waals surface area contributed by atoms with Crippen molar-refractivity contribution >= 4 is 11.4 Å². The van der Waals surface area contributed by atoms with Crippen molar-refractivity contribution in [3.63, 3.8) is 0 Å². The second kappa shape index (κ2) is 11.4. The van der Waals surface area contributed by atoms with Gasteiger partial charge in [-0.05, 0) is 61.6 Å². The summed E-state index contributed by atoms with van der Waals surface area (Å²) >= 11 is 0. The number of fused-ring (bicyclic) bond motifs is 2. The molecule has 7 heteroatoms. The van der Waals surface area contributed by atoms with Gasteiger partial charge >= 0.3 is 0 Å². The molecule has 4 aliphatic rings. The van der Waals surface area contributed by atoms with Crippen LogP contribution in [0.2, 0.25) is 0 Å². The van der Waals surface area contributed by atoms with Crippen molar-refractivity contribution in [2.75, 3.05) is 31.1 Å². The monoisotopic (exact) mass is 504 g/mol. The standard InChI is InChI=1S/C14H11FN2.C7H3F2N.C7H9N.2CH4/c1-2-14-6-11(14)8-17(9-14)13-4-10(7-16)3-12(15)5-13;1-10-7-3-5(8)2-6(9)4-7;1-2-7-3-6(7)4-8-5-7;;/h1,3-5,11H,6,8-9H2;2-4H;1,6,8H,3-5H2;2*1H4. The minimum Gasteiger partial charge on any atom is -0.370 e. The van der Waals surface area contributed by atoms with E-state index in [9.17, 15) is 13.2 Å². The van der Waals surface area contributed by atoms with Crippen LogP contribution in [0.5, 0.6) is 0 Å². The summed E-state index contributed by atoms with van der Waals surface area (Å²) in [6, 6.07) is 9.10. The van der Waals surface area contributed by atoms with Crippen LogP contribution in [0, 0.1) is 82.7 Å². The molecule has 2 aromatic rings. The topological polar surface area (TPSA) is 43.4 Å². The molecular formula is C30H31F3N4. The van der Waals surface area contributed by atoms with Crippen LogP contribution in [0.4, 0.5) is 24.5 Å². The van der Waals surface area contributed by atoms with E-state index in [1.54, 1.807) is 6.07 Å². The first-order chi connectivity index (χ1) is 16.8. The number of nitrogens with one attached hydrogen (secondary N) is 1. The van der Waals surface area contributed by atoms with E-state index in [4.69, 9.17) is 24.7 Å². The highest BCUT2D eigenvalue weighted by Crippen LogP contribution is 2.58. The number of piperidine rings is 2. The lowest BCUT2D eigenvalue weighted by Crippen LogP contribution is -2.24. The number of halogens is 3. The zero-order valence-corrected chi connectivity index (χ0v) is 19.0. The van der Waals surface area contributed by atoms with Crippen molar-refractivity contribution in [3.05, 3.63) is 70.8 Å². The molecule has 1 N–H and O–H groups in total. The van der Waals surface area contributed by atoms with Gasteiger partial charge in [-0.3, -0.25) is 0 Å². The van der Waals surface area contributed by atoms with Crippen LogP contribution in [0.3, 0.4) is 0 Å². The molecule has 2 aliphatic heterocycles. The largest absolute Gasteiger partial charge is 0.370 e. The number of terminal acetylenes is 2. The Hall–Kier alpha value is -3.91. The first-order valence-electron chi connectivity index (χ1n) is 11.2. The molecule has 0 radical (unpaired) electrons. The molecule has 6 rings (SSSR count). The molecule has 2 aromatic carbocycles. The summed E-state index contributed by atoms with van der Waals surface area (Å²) in [6.45, 7) is 10.3. The lowest BCUT2D eigenvalue weighted by Gasteiger charge is -2.21. The number of nitrogens with zero attached hydrogens (tertiary/aromatic N) is 3. The van der Waals surface area contributed by atoms with Crippen LogP contribution in [-0.2, 0) is 0 Å². The van der Waals surface area contributed by atoms with Crippen molar-refractivity contribution in [1.82, 2.24) is 5.32 Å². The van der Waals surface area contributed by atoms with E-state index in [0.717, 1.165) is 62.4 Å². The molecule has 2 aliphatic carbocycles. The Kier molecular flexibility index (Phi) is 9.06. The average molecular weight is 505 g/mol. The van der Waals surface area contributed by atoms with Crippen molar-refractivity contribution in [2.45, 2.75) is 27.7 Å². The number of hydrogen-bond donors (Lipinski definition) is 1. The summed E-state index contributed by atoms with van der Waals surface area (Å²) in [4.78, 5) is 4.94. The number of anilines is 1. The highest BCUT2D eigenvalue weighted by molar-refractivity contribution is 5.55. The molecule has 4 unspecified atom stereocenters. The van der Waals surface area contributed by atoms with E-state index < -0.39 is 11.6 Å². The Morgan fingerprint density at radius 3 is 2.03 bits per heavy atom. The van der Waals surface area contributed by atoms with Gasteiger partial charge in [0.1, 0.15) is 17.5 Å². The zero-order chi connectivity index (χ0) is 25.2. The van der Waals surface area contributed by atoms with Gasteiger partial charge in [0, 0.05) is 36.8 Å². The van der Waals surface area contributed by atoms with Crippen LogP contribution in [-0.4, -0.2) is 26.2 Å². The smallest absolute Gasteiger partial charge is 0.192 e. The third-order valence-corrected chi connectivity index (χ3v) is 7.14. The van der Waals surface area contributed by atoms with Gasteiger partial charge in [0.2, 0.25) is 0 Å². The maximum atomic E-state index is 13.3. The van der Waals surface area contributed by atoms with E-state index in [-0.39, 0.29) is 31.8 Å². The van der Waals surface area contributed by atoms with Crippen molar-refractivity contribution in [3.8, 4) is 30.8 Å². The summed E-state index contributed by atoms with van der Waals surface area (Å²) in [5.74, 6) is 5.28. The highest BCUT2D eigenvalue weighted by Gasteiger charge is 2.59. The first kappa shape index (κ1) is 29.3. The fraction of sp³-hybridized carbons (Fsp3) is 0.400. The van der Waals surface area contributed by atoms with Gasteiger partial charge in [-0.15, -0.1) is 12.8 Å². The molecule has 4 nitrogen and oxygen atoms in total. The fourth-order valence-corrected chi connectivity index (χ4v) is 4.89. The fourth-order valence-electron chi connectivity index (χ4n) is 4.89. The zero-order valence-electron chi connectivity index (χ0n) is 19.0. The third kappa shape index (κ3) is 6.27. The minimum absolute atomic E-state index is 0. The summed E-state index contributed by atoms with van der Waals surface area (Å²) in [5, 5.41) is 12.1. The van der Waals surface area contributed by atoms with Crippen LogP contribution >= 0.6 is 0 Å². The SMILES string of the molecule is C.C.C#CC12CC1CN(c1cc(F)cc(C#N)c1)C2.C#CC12CNCC1C2.[C-]#[N+]c1cc(F)cc(F)c1. The average Bonchev–Trinajstić information content (AvgIpc) is 3.64. The van der Waals surface area contributed by atoms with E-state index in [2.05, 4.69) is 26.9 Å². The Bertz CT molecular complexity index is 1290. The van der Waals surface area contributed by atoms with E-state index in [1.807, 2.05) is 6.07 Å². The van der Waals surface area contributed by atoms with Crippen molar-refractivity contribution in [2.24, 2.45) is 22.7 Å². The van der Waals surface area contributed by atoms with Gasteiger partial charge in [0.25, 0.3) is 0 Å². The van der Waals surface area contributed by atoms with E-state index in [0.29, 0.717) is 16.9 Å². The molecule has 0 bridgehead atoms. The lowest BCUT2D eigenvalue weighted by molar-refractivity contribution is 0.584. The summed E-state index contributed by atoms with van der Waals surface area (Å²) in [6.07, 6.45) is 13.2. The van der Waals surface area contributed by atoms with Crippen LogP contribution in [0.15, 0.2) is 36.4 Å². The molecule has 4 atom stereocenters. The molecule has 0 amide bonds. The quantitative estimate of drug-likeness (QED) is 0.373. The van der Waals surface area contributed by atoms with Crippen LogP contribution < -0.4 is 10.2 Å². The highest BCUT2D eigenvalue weighted by atomic mass is 19.1. The molecule has 37 heavy (non-hydrogen) atoms. The number of nitriles is 1. The molecule has 192 valence electrons. The summed E-state index contributed by atoms with van der Waals surface area (Å²) < 4.78 is 37.8. The third-order valence-electron chi connectivity index (χ3n) is 7.14. The minimum atomic E-state index is -0.717. The summed E-state index contributed by atoms with van der Waals surface area (Å²) in [5.41, 5.74) is 1.44. The predicted octanol–water partition coefficient (Wildman–Crippen LogP) is 6.17. The van der Waals surface area contributed by atoms with Gasteiger partial charge in [0.05, 0.1) is 23.6 Å². The Morgan fingerprint density at radius 1 is 0.946 bits per heavy atom. The van der Waals surface area contributed by atoms with E-state index in [1.165, 1.54) is 18.6 Å². The maximum Gasteiger partial charge on any atom is 0.192 e. The van der Waals surface area contributed by atoms with Crippen LogP contribution in [0.1, 0.15) is 33.3 Å². The lowest BCUT2D eigenvalue weighted by atomic mass is 10.1. The Labute approximate surface area is 218 Å². The second-order valence-electron chi connectivity index (χ2n) is 9.46. The normalized spacial score (nSPS) is 26.7. The molecule has 2 heterocycles. The molecule has 2 saturated heterocycles. The van der Waals surface area contributed by atoms with Crippen molar-refractivity contribution in [1.29, 1.82) is 5.26 Å². The molecule has 0 spiro atoms. The maximum absolute atomic E-state index is 13.3. The Balaban J connectivity index is 0.000000207. The first-order valence-corrected chi connectivity index (χ1v) is 11.2. The van der Waals surface area contributed by atoms with Gasteiger partial charge in [-0.2, -0.15) is 5.26 Å². The molecule has 0 aromatic heterocycles. The van der Waals surface area contributed by atoms with E-state index >= 15 is 0 Å². The molecule has 2 saturated carbocycles. The van der Waals surface area contributed by atoms with Gasteiger partial charge in [-0.25, -0.2) is 18.0 Å². The second-order valence-corrected chi connectivity index (χ2v) is 9.46. The molecular weight excluding hydrogens is 473 g/mol.